The number of methoxy groups -OCH3 is 1. The van der Waals surface area contributed by atoms with Gasteiger partial charge in [-0.25, -0.2) is 0 Å². The van der Waals surface area contributed by atoms with Crippen LogP contribution in [0.5, 0.6) is 5.75 Å². The number of ether oxygens (including phenoxy) is 1. The highest BCUT2D eigenvalue weighted by molar-refractivity contribution is 5.37. The Bertz CT molecular complexity index is 537. The smallest absolute Gasteiger partial charge is 0.324 e. The molecular weight excluding hydrogens is 242 g/mol. The molecule has 0 radical (unpaired) electrons. The number of hydrogen-bond acceptors (Lipinski definition) is 5. The molecule has 1 aromatic carbocycles. The molecule has 19 heavy (non-hydrogen) atoms. The zero-order chi connectivity index (χ0) is 13.8. The first-order valence-corrected chi connectivity index (χ1v) is 6.28. The first kappa shape index (κ1) is 13.4. The molecule has 0 unspecified atom stereocenters. The van der Waals surface area contributed by atoms with Gasteiger partial charge in [-0.2, -0.15) is 4.98 Å². The predicted octanol–water partition coefficient (Wildman–Crippen LogP) is 2.84. The van der Waals surface area contributed by atoms with Crippen LogP contribution in [0.25, 0.3) is 0 Å². The molecule has 0 bridgehead atoms. The molecule has 5 heteroatoms. The Labute approximate surface area is 113 Å². The zero-order valence-electron chi connectivity index (χ0n) is 11.8. The molecule has 0 atom stereocenters. The van der Waals surface area contributed by atoms with Crippen LogP contribution >= 0.6 is 0 Å². The van der Waals surface area contributed by atoms with Crippen LogP contribution in [0.4, 0.5) is 6.01 Å². The number of para-hydroxylation sites is 1. The van der Waals surface area contributed by atoms with Crippen molar-refractivity contribution in [1.29, 1.82) is 0 Å². The van der Waals surface area contributed by atoms with E-state index >= 15 is 0 Å². The largest absolute Gasteiger partial charge is 0.496 e. The Hall–Kier alpha value is -2.04. The molecule has 0 aliphatic heterocycles. The number of benzene rings is 1. The summed E-state index contributed by atoms with van der Waals surface area (Å²) in [5.41, 5.74) is 1.08. The van der Waals surface area contributed by atoms with E-state index in [0.717, 1.165) is 17.1 Å². The summed E-state index contributed by atoms with van der Waals surface area (Å²) >= 11 is 0. The average Bonchev–Trinajstić information content (AvgIpc) is 2.89. The van der Waals surface area contributed by atoms with Gasteiger partial charge in [0.2, 0.25) is 0 Å². The van der Waals surface area contributed by atoms with E-state index in [1.54, 1.807) is 7.11 Å². The van der Waals surface area contributed by atoms with Gasteiger partial charge in [-0.1, -0.05) is 37.2 Å². The molecular formula is C14H19N3O2. The molecule has 0 spiro atoms. The van der Waals surface area contributed by atoms with Crippen LogP contribution in [0.2, 0.25) is 0 Å². The standard InChI is InChI=1S/C14H19N3O2/c1-10(2)13-15-14(19-16-13)17(3)9-11-7-5-6-8-12(11)18-4/h5-8,10H,9H2,1-4H3. The fourth-order valence-corrected chi connectivity index (χ4v) is 1.77. The van der Waals surface area contributed by atoms with Crippen LogP contribution in [-0.4, -0.2) is 24.3 Å². The van der Waals surface area contributed by atoms with E-state index < -0.39 is 0 Å². The molecule has 0 fully saturated rings. The molecule has 2 rings (SSSR count). The van der Waals surface area contributed by atoms with Gasteiger partial charge in [0.05, 0.1) is 13.7 Å². The Balaban J connectivity index is 2.13. The summed E-state index contributed by atoms with van der Waals surface area (Å²) in [6.07, 6.45) is 0. The van der Waals surface area contributed by atoms with E-state index in [0.29, 0.717) is 12.6 Å². The van der Waals surface area contributed by atoms with Gasteiger partial charge in [0, 0.05) is 18.5 Å². The summed E-state index contributed by atoms with van der Waals surface area (Å²) in [7, 11) is 3.59. The molecule has 0 aliphatic rings. The number of hydrogen-bond donors (Lipinski definition) is 0. The molecule has 0 saturated heterocycles. The Kier molecular flexibility index (Phi) is 4.04. The van der Waals surface area contributed by atoms with Gasteiger partial charge in [0.15, 0.2) is 5.82 Å². The van der Waals surface area contributed by atoms with Crippen molar-refractivity contribution in [3.05, 3.63) is 35.7 Å². The minimum Gasteiger partial charge on any atom is -0.496 e. The molecule has 102 valence electrons. The second-order valence-electron chi connectivity index (χ2n) is 4.76. The normalized spacial score (nSPS) is 10.8. The second-order valence-corrected chi connectivity index (χ2v) is 4.76. The Morgan fingerprint density at radius 2 is 2.05 bits per heavy atom. The third-order valence-corrected chi connectivity index (χ3v) is 2.87. The van der Waals surface area contributed by atoms with Crippen molar-refractivity contribution >= 4 is 6.01 Å². The summed E-state index contributed by atoms with van der Waals surface area (Å²) in [4.78, 5) is 6.28. The van der Waals surface area contributed by atoms with Gasteiger partial charge >= 0.3 is 6.01 Å². The number of anilines is 1. The summed E-state index contributed by atoms with van der Waals surface area (Å²) in [5.74, 6) is 1.84. The summed E-state index contributed by atoms with van der Waals surface area (Å²) in [5, 5.41) is 3.96. The second kappa shape index (κ2) is 5.73. The molecule has 0 N–H and O–H groups in total. The van der Waals surface area contributed by atoms with E-state index in [9.17, 15) is 0 Å². The molecule has 1 heterocycles. The lowest BCUT2D eigenvalue weighted by Gasteiger charge is -2.15. The number of nitrogens with zero attached hydrogens (tertiary/aromatic N) is 3. The summed E-state index contributed by atoms with van der Waals surface area (Å²) in [6, 6.07) is 8.42. The summed E-state index contributed by atoms with van der Waals surface area (Å²) in [6.45, 7) is 4.73. The van der Waals surface area contributed by atoms with Crippen molar-refractivity contribution < 1.29 is 9.26 Å². The summed E-state index contributed by atoms with van der Waals surface area (Å²) < 4.78 is 10.6. The van der Waals surface area contributed by atoms with E-state index in [-0.39, 0.29) is 5.92 Å². The van der Waals surface area contributed by atoms with Crippen LogP contribution < -0.4 is 9.64 Å². The molecule has 0 amide bonds. The maximum atomic E-state index is 5.33. The predicted molar refractivity (Wildman–Crippen MR) is 73.5 cm³/mol. The lowest BCUT2D eigenvalue weighted by Crippen LogP contribution is -2.17. The lowest BCUT2D eigenvalue weighted by atomic mass is 10.2. The van der Waals surface area contributed by atoms with Crippen LogP contribution in [-0.2, 0) is 6.54 Å². The minimum atomic E-state index is 0.261. The van der Waals surface area contributed by atoms with Crippen LogP contribution in [0.15, 0.2) is 28.8 Å². The maximum absolute atomic E-state index is 5.33. The first-order valence-electron chi connectivity index (χ1n) is 6.28. The van der Waals surface area contributed by atoms with Gasteiger partial charge in [0.25, 0.3) is 0 Å². The van der Waals surface area contributed by atoms with E-state index in [4.69, 9.17) is 9.26 Å². The highest BCUT2D eigenvalue weighted by Gasteiger charge is 2.14. The van der Waals surface area contributed by atoms with Crippen molar-refractivity contribution in [2.75, 3.05) is 19.1 Å². The highest BCUT2D eigenvalue weighted by Crippen LogP contribution is 2.22. The van der Waals surface area contributed by atoms with Crippen molar-refractivity contribution in [2.45, 2.75) is 26.3 Å². The Morgan fingerprint density at radius 3 is 2.68 bits per heavy atom. The van der Waals surface area contributed by atoms with Crippen molar-refractivity contribution in [3.63, 3.8) is 0 Å². The monoisotopic (exact) mass is 261 g/mol. The zero-order valence-corrected chi connectivity index (χ0v) is 11.8. The Morgan fingerprint density at radius 1 is 1.32 bits per heavy atom. The fourth-order valence-electron chi connectivity index (χ4n) is 1.77. The van der Waals surface area contributed by atoms with E-state index in [1.165, 1.54) is 0 Å². The van der Waals surface area contributed by atoms with Gasteiger partial charge in [-0.05, 0) is 6.07 Å². The average molecular weight is 261 g/mol. The molecule has 5 nitrogen and oxygen atoms in total. The van der Waals surface area contributed by atoms with E-state index in [2.05, 4.69) is 10.1 Å². The maximum Gasteiger partial charge on any atom is 0.324 e. The lowest BCUT2D eigenvalue weighted by molar-refractivity contribution is 0.400. The first-order chi connectivity index (χ1) is 9.11. The van der Waals surface area contributed by atoms with Gasteiger partial charge in [-0.3, -0.25) is 0 Å². The van der Waals surface area contributed by atoms with Crippen molar-refractivity contribution in [3.8, 4) is 5.75 Å². The quantitative estimate of drug-likeness (QED) is 0.828. The van der Waals surface area contributed by atoms with Gasteiger partial charge in [0.1, 0.15) is 5.75 Å². The van der Waals surface area contributed by atoms with Crippen LogP contribution in [0, 0.1) is 0 Å². The van der Waals surface area contributed by atoms with Gasteiger partial charge < -0.3 is 14.2 Å². The van der Waals surface area contributed by atoms with Gasteiger partial charge in [-0.15, -0.1) is 0 Å². The minimum absolute atomic E-state index is 0.261. The highest BCUT2D eigenvalue weighted by atomic mass is 16.5. The molecule has 0 aliphatic carbocycles. The SMILES string of the molecule is COc1ccccc1CN(C)c1nc(C(C)C)no1. The number of rotatable bonds is 5. The molecule has 0 saturated carbocycles. The fraction of sp³-hybridized carbons (Fsp3) is 0.429. The molecule has 1 aromatic heterocycles. The third kappa shape index (κ3) is 3.05. The van der Waals surface area contributed by atoms with Crippen molar-refractivity contribution in [1.82, 2.24) is 10.1 Å². The van der Waals surface area contributed by atoms with E-state index in [1.807, 2.05) is 50.1 Å². The van der Waals surface area contributed by atoms with Crippen LogP contribution in [0.3, 0.4) is 0 Å². The number of aromatic nitrogens is 2. The molecule has 2 aromatic rings. The van der Waals surface area contributed by atoms with Crippen LogP contribution in [0.1, 0.15) is 31.2 Å². The third-order valence-electron chi connectivity index (χ3n) is 2.87. The van der Waals surface area contributed by atoms with Crippen molar-refractivity contribution in [2.24, 2.45) is 0 Å². The topological polar surface area (TPSA) is 51.4 Å².